The van der Waals surface area contributed by atoms with Gasteiger partial charge in [0.1, 0.15) is 24.9 Å². The Labute approximate surface area is 170 Å². The van der Waals surface area contributed by atoms with Gasteiger partial charge in [-0.3, -0.25) is 9.59 Å². The lowest BCUT2D eigenvalue weighted by Gasteiger charge is -2.29. The number of nitrogens with one attached hydrogen (secondary N) is 1. The fourth-order valence-electron chi connectivity index (χ4n) is 3.04. The monoisotopic (exact) mass is 427 g/mol. The third-order valence-corrected chi connectivity index (χ3v) is 4.55. The summed E-state index contributed by atoms with van der Waals surface area (Å²) < 4.78 is 44.7. The Kier molecular flexibility index (Phi) is 6.45. The number of carbonyl (C=O) groups is 2. The van der Waals surface area contributed by atoms with Gasteiger partial charge in [0.2, 0.25) is 0 Å². The SMILES string of the molecule is C=C1O[C@@H](CNC(=O)C(F)F)CN1c1ccc(N2C=NN(C(=O)CO)CC2)c(F)c1. The van der Waals surface area contributed by atoms with Crippen molar-refractivity contribution in [3.8, 4) is 0 Å². The molecule has 0 spiro atoms. The fourth-order valence-corrected chi connectivity index (χ4v) is 3.04. The van der Waals surface area contributed by atoms with Crippen LogP contribution < -0.4 is 15.1 Å². The summed E-state index contributed by atoms with van der Waals surface area (Å²) in [5.41, 5.74) is 0.681. The minimum Gasteiger partial charge on any atom is -0.472 e. The van der Waals surface area contributed by atoms with Crippen LogP contribution in [0, 0.1) is 5.82 Å². The summed E-state index contributed by atoms with van der Waals surface area (Å²) in [6, 6.07) is 4.43. The molecule has 2 amide bonds. The van der Waals surface area contributed by atoms with Gasteiger partial charge in [-0.05, 0) is 24.8 Å². The van der Waals surface area contributed by atoms with Gasteiger partial charge in [-0.2, -0.15) is 13.9 Å². The quantitative estimate of drug-likeness (QED) is 0.685. The molecule has 2 aliphatic rings. The summed E-state index contributed by atoms with van der Waals surface area (Å²) in [4.78, 5) is 25.5. The normalized spacial score (nSPS) is 18.8. The van der Waals surface area contributed by atoms with Crippen LogP contribution in [0.1, 0.15) is 0 Å². The van der Waals surface area contributed by atoms with Crippen molar-refractivity contribution in [2.24, 2.45) is 5.10 Å². The Hall–Kier alpha value is -3.28. The molecule has 9 nitrogen and oxygen atoms in total. The number of ether oxygens (including phenoxy) is 1. The predicted octanol–water partition coefficient (Wildman–Crippen LogP) is 0.468. The van der Waals surface area contributed by atoms with Gasteiger partial charge < -0.3 is 25.0 Å². The first-order chi connectivity index (χ1) is 14.3. The van der Waals surface area contributed by atoms with Crippen molar-refractivity contribution in [1.82, 2.24) is 10.3 Å². The molecule has 2 heterocycles. The molecular formula is C18H20F3N5O4. The van der Waals surface area contributed by atoms with Gasteiger partial charge in [0, 0.05) is 12.2 Å². The van der Waals surface area contributed by atoms with Crippen LogP contribution in [0.3, 0.4) is 0 Å². The minimum atomic E-state index is -3.11. The molecule has 0 aliphatic carbocycles. The molecule has 1 fully saturated rings. The van der Waals surface area contributed by atoms with E-state index in [0.29, 0.717) is 5.69 Å². The van der Waals surface area contributed by atoms with E-state index < -0.39 is 36.8 Å². The number of amides is 2. The largest absolute Gasteiger partial charge is 0.472 e. The zero-order chi connectivity index (χ0) is 21.8. The Bertz CT molecular complexity index is 866. The van der Waals surface area contributed by atoms with E-state index in [1.807, 2.05) is 0 Å². The van der Waals surface area contributed by atoms with Crippen LogP contribution in [0.4, 0.5) is 24.5 Å². The number of alkyl halides is 2. The summed E-state index contributed by atoms with van der Waals surface area (Å²) in [7, 11) is 0. The zero-order valence-corrected chi connectivity index (χ0v) is 15.8. The number of anilines is 2. The molecule has 0 unspecified atom stereocenters. The Balaban J connectivity index is 1.65. The van der Waals surface area contributed by atoms with E-state index in [9.17, 15) is 22.8 Å². The van der Waals surface area contributed by atoms with Gasteiger partial charge >= 0.3 is 6.43 Å². The molecule has 0 radical (unpaired) electrons. The Morgan fingerprint density at radius 3 is 2.73 bits per heavy atom. The summed E-state index contributed by atoms with van der Waals surface area (Å²) in [6.07, 6.45) is -2.42. The summed E-state index contributed by atoms with van der Waals surface area (Å²) in [5, 5.41) is 15.9. The molecule has 3 rings (SSSR count). The highest BCUT2D eigenvalue weighted by Gasteiger charge is 2.30. The van der Waals surface area contributed by atoms with Crippen molar-refractivity contribution in [3.05, 3.63) is 36.5 Å². The van der Waals surface area contributed by atoms with Gasteiger partial charge in [0.05, 0.1) is 25.3 Å². The number of hydrogen-bond donors (Lipinski definition) is 2. The second-order valence-electron chi connectivity index (χ2n) is 6.53. The number of halogens is 3. The molecule has 162 valence electrons. The van der Waals surface area contributed by atoms with Crippen molar-refractivity contribution in [3.63, 3.8) is 0 Å². The molecule has 0 bridgehead atoms. The second kappa shape index (κ2) is 9.03. The van der Waals surface area contributed by atoms with E-state index in [1.54, 1.807) is 11.0 Å². The lowest BCUT2D eigenvalue weighted by atomic mass is 10.2. The van der Waals surface area contributed by atoms with E-state index in [4.69, 9.17) is 9.84 Å². The van der Waals surface area contributed by atoms with Crippen LogP contribution in [0.5, 0.6) is 0 Å². The van der Waals surface area contributed by atoms with Crippen molar-refractivity contribution in [1.29, 1.82) is 0 Å². The molecule has 2 N–H and O–H groups in total. The lowest BCUT2D eigenvalue weighted by Crippen LogP contribution is -2.42. The summed E-state index contributed by atoms with van der Waals surface area (Å²) in [6.45, 7) is 3.62. The van der Waals surface area contributed by atoms with Gasteiger partial charge in [-0.25, -0.2) is 9.40 Å². The molecule has 1 aromatic carbocycles. The highest BCUT2D eigenvalue weighted by Crippen LogP contribution is 2.30. The molecule has 12 heteroatoms. The number of rotatable bonds is 6. The average molecular weight is 427 g/mol. The maximum atomic E-state index is 14.7. The topological polar surface area (TPSA) is 97.7 Å². The van der Waals surface area contributed by atoms with Crippen molar-refractivity contribution < 1.29 is 32.6 Å². The van der Waals surface area contributed by atoms with E-state index >= 15 is 0 Å². The van der Waals surface area contributed by atoms with Crippen LogP contribution in [0.15, 0.2) is 35.8 Å². The Morgan fingerprint density at radius 1 is 1.37 bits per heavy atom. The number of aliphatic hydroxyl groups excluding tert-OH is 1. The van der Waals surface area contributed by atoms with Crippen molar-refractivity contribution in [2.75, 3.05) is 42.6 Å². The number of carbonyl (C=O) groups excluding carboxylic acids is 2. The molecular weight excluding hydrogens is 407 g/mol. The minimum absolute atomic E-state index is 0.132. The molecule has 2 aliphatic heterocycles. The van der Waals surface area contributed by atoms with Gasteiger partial charge in [-0.15, -0.1) is 0 Å². The number of hydrogen-bond acceptors (Lipinski definition) is 7. The maximum Gasteiger partial charge on any atom is 0.315 e. The predicted molar refractivity (Wildman–Crippen MR) is 101 cm³/mol. The first kappa shape index (κ1) is 21.4. The van der Waals surface area contributed by atoms with Gasteiger partial charge in [0.25, 0.3) is 11.8 Å². The fraction of sp³-hybridized carbons (Fsp3) is 0.389. The van der Waals surface area contributed by atoms with Gasteiger partial charge in [0.15, 0.2) is 5.88 Å². The highest BCUT2D eigenvalue weighted by molar-refractivity contribution is 5.84. The van der Waals surface area contributed by atoms with Crippen molar-refractivity contribution in [2.45, 2.75) is 12.5 Å². The molecule has 1 saturated heterocycles. The number of benzene rings is 1. The third kappa shape index (κ3) is 4.64. The van der Waals surface area contributed by atoms with Crippen LogP contribution >= 0.6 is 0 Å². The van der Waals surface area contributed by atoms with E-state index in [2.05, 4.69) is 17.0 Å². The second-order valence-corrected chi connectivity index (χ2v) is 6.53. The maximum absolute atomic E-state index is 14.7. The Morgan fingerprint density at radius 2 is 2.13 bits per heavy atom. The standard InChI is InChI=1S/C18H20F3N5O4/c1-11-25(8-13(30-11)7-22-18(29)17(20)21)12-2-3-15(14(19)6-12)24-4-5-26(23-10-24)16(28)9-27/h2-3,6,10,13,17,27H,1,4-5,7-9H2,(H,22,29)/t13-/m0/s1. The van der Waals surface area contributed by atoms with Crippen LogP contribution in [0.25, 0.3) is 0 Å². The van der Waals surface area contributed by atoms with Crippen molar-refractivity contribution >= 4 is 29.5 Å². The first-order valence-corrected chi connectivity index (χ1v) is 9.00. The third-order valence-electron chi connectivity index (χ3n) is 4.55. The molecule has 1 aromatic rings. The molecule has 0 saturated carbocycles. The molecule has 1 atom stereocenters. The molecule has 0 aromatic heterocycles. The summed E-state index contributed by atoms with van der Waals surface area (Å²) >= 11 is 0. The van der Waals surface area contributed by atoms with Crippen LogP contribution in [0.2, 0.25) is 0 Å². The number of nitrogens with zero attached hydrogens (tertiary/aromatic N) is 4. The smallest absolute Gasteiger partial charge is 0.315 e. The van der Waals surface area contributed by atoms with Crippen LogP contribution in [-0.4, -0.2) is 73.6 Å². The zero-order valence-electron chi connectivity index (χ0n) is 15.8. The van der Waals surface area contributed by atoms with E-state index in [1.165, 1.54) is 23.4 Å². The van der Waals surface area contributed by atoms with E-state index in [-0.39, 0.29) is 37.7 Å². The van der Waals surface area contributed by atoms with Gasteiger partial charge in [-0.1, -0.05) is 0 Å². The highest BCUT2D eigenvalue weighted by atomic mass is 19.3. The lowest BCUT2D eigenvalue weighted by molar-refractivity contribution is -0.134. The van der Waals surface area contributed by atoms with Crippen LogP contribution in [-0.2, 0) is 14.3 Å². The van der Waals surface area contributed by atoms with E-state index in [0.717, 1.165) is 5.01 Å². The average Bonchev–Trinajstić information content (AvgIpc) is 3.12. The number of hydrazone groups is 1. The summed E-state index contributed by atoms with van der Waals surface area (Å²) in [5.74, 6) is -2.28. The molecule has 30 heavy (non-hydrogen) atoms. The first-order valence-electron chi connectivity index (χ1n) is 9.00. The number of aliphatic hydroxyl groups is 1.